The summed E-state index contributed by atoms with van der Waals surface area (Å²) >= 11 is 0. The standard InChI is InChI=1S/C10H8BNO4/c13-9-4-1-6-5-7(11(15)16)2-3-8(6)10(14)12-9/h1-5,15-16H,(H,12,13,14). The fourth-order valence-corrected chi connectivity index (χ4v) is 1.47. The van der Waals surface area contributed by atoms with Gasteiger partial charge in [0.1, 0.15) is 0 Å². The molecule has 0 aliphatic carbocycles. The van der Waals surface area contributed by atoms with E-state index in [1.807, 2.05) is 0 Å². The van der Waals surface area contributed by atoms with Gasteiger partial charge in [0, 0.05) is 11.5 Å². The van der Waals surface area contributed by atoms with E-state index in [0.29, 0.717) is 10.8 Å². The maximum Gasteiger partial charge on any atom is 0.488 e. The molecule has 0 aliphatic heterocycles. The number of hydrogen-bond acceptors (Lipinski definition) is 4. The summed E-state index contributed by atoms with van der Waals surface area (Å²) in [6.07, 6.45) is 0. The zero-order valence-corrected chi connectivity index (χ0v) is 8.18. The number of fused-ring (bicyclic) bond motifs is 1. The maximum atomic E-state index is 11.5. The minimum absolute atomic E-state index is 0.269. The third-order valence-corrected chi connectivity index (χ3v) is 2.27. The molecule has 0 radical (unpaired) electrons. The Morgan fingerprint density at radius 2 is 1.81 bits per heavy atom. The molecule has 3 N–H and O–H groups in total. The largest absolute Gasteiger partial charge is 0.488 e. The molecule has 0 atom stereocenters. The van der Waals surface area contributed by atoms with Crippen LogP contribution in [0.1, 0.15) is 0 Å². The fourth-order valence-electron chi connectivity index (χ4n) is 1.47. The summed E-state index contributed by atoms with van der Waals surface area (Å²) in [5, 5.41) is 18.8. The maximum absolute atomic E-state index is 11.5. The van der Waals surface area contributed by atoms with Crippen molar-refractivity contribution in [1.82, 2.24) is 4.98 Å². The van der Waals surface area contributed by atoms with Crippen LogP contribution < -0.4 is 16.6 Å². The molecule has 16 heavy (non-hydrogen) atoms. The lowest BCUT2D eigenvalue weighted by Crippen LogP contribution is -2.29. The average Bonchev–Trinajstić information content (AvgIpc) is 2.38. The molecule has 0 bridgehead atoms. The van der Waals surface area contributed by atoms with Crippen molar-refractivity contribution in [2.75, 3.05) is 0 Å². The van der Waals surface area contributed by atoms with Crippen LogP contribution in [-0.4, -0.2) is 22.2 Å². The number of benzene rings is 1. The van der Waals surface area contributed by atoms with E-state index in [1.54, 1.807) is 0 Å². The van der Waals surface area contributed by atoms with Crippen LogP contribution >= 0.6 is 0 Å². The molecule has 2 aromatic rings. The smallest absolute Gasteiger partial charge is 0.423 e. The monoisotopic (exact) mass is 217 g/mol. The van der Waals surface area contributed by atoms with Crippen LogP contribution in [0.5, 0.6) is 0 Å². The SMILES string of the molecule is O=c1ccc2cc(B(O)O)ccc2c(=O)[nH]1. The van der Waals surface area contributed by atoms with Gasteiger partial charge in [0.15, 0.2) is 0 Å². The molecule has 0 amide bonds. The summed E-state index contributed by atoms with van der Waals surface area (Å²) in [7, 11) is -1.60. The molecular formula is C10H8BNO4. The first-order valence-electron chi connectivity index (χ1n) is 4.61. The lowest BCUT2D eigenvalue weighted by atomic mass is 9.79. The number of rotatable bonds is 1. The highest BCUT2D eigenvalue weighted by Crippen LogP contribution is 2.04. The minimum Gasteiger partial charge on any atom is -0.423 e. The van der Waals surface area contributed by atoms with E-state index in [-0.39, 0.29) is 5.46 Å². The molecule has 1 heterocycles. The van der Waals surface area contributed by atoms with E-state index in [2.05, 4.69) is 4.98 Å². The lowest BCUT2D eigenvalue weighted by Gasteiger charge is -1.98. The predicted octanol–water partition coefficient (Wildman–Crippen LogP) is -1.43. The van der Waals surface area contributed by atoms with Gasteiger partial charge in [0.2, 0.25) is 0 Å². The molecule has 0 fully saturated rings. The molecule has 0 aliphatic rings. The Bertz CT molecular complexity index is 650. The zero-order chi connectivity index (χ0) is 11.7. The van der Waals surface area contributed by atoms with Crippen LogP contribution in [0.25, 0.3) is 10.8 Å². The molecule has 5 nitrogen and oxygen atoms in total. The van der Waals surface area contributed by atoms with Crippen molar-refractivity contribution in [3.8, 4) is 0 Å². The second kappa shape index (κ2) is 3.92. The highest BCUT2D eigenvalue weighted by molar-refractivity contribution is 6.58. The first kappa shape index (κ1) is 10.6. The second-order valence-corrected chi connectivity index (χ2v) is 3.37. The highest BCUT2D eigenvalue weighted by atomic mass is 16.4. The average molecular weight is 217 g/mol. The Kier molecular flexibility index (Phi) is 2.60. The summed E-state index contributed by atoms with van der Waals surface area (Å²) in [5.74, 6) is 0. The van der Waals surface area contributed by atoms with Crippen LogP contribution in [0.4, 0.5) is 0 Å². The minimum atomic E-state index is -1.60. The van der Waals surface area contributed by atoms with Crippen LogP contribution in [0, 0.1) is 0 Å². The molecule has 0 spiro atoms. The third kappa shape index (κ3) is 1.88. The summed E-state index contributed by atoms with van der Waals surface area (Å²) in [6.45, 7) is 0. The van der Waals surface area contributed by atoms with E-state index in [1.165, 1.54) is 30.3 Å². The van der Waals surface area contributed by atoms with Crippen molar-refractivity contribution in [2.24, 2.45) is 0 Å². The molecule has 6 heteroatoms. The highest BCUT2D eigenvalue weighted by Gasteiger charge is 2.11. The predicted molar refractivity (Wildman–Crippen MR) is 60.7 cm³/mol. The number of nitrogens with one attached hydrogen (secondary N) is 1. The molecule has 80 valence electrons. The fraction of sp³-hybridized carbons (Fsp3) is 0. The van der Waals surface area contributed by atoms with Gasteiger partial charge in [-0.1, -0.05) is 12.1 Å². The van der Waals surface area contributed by atoms with Gasteiger partial charge in [-0.05, 0) is 23.0 Å². The van der Waals surface area contributed by atoms with Gasteiger partial charge in [0.05, 0.1) is 0 Å². The van der Waals surface area contributed by atoms with Crippen molar-refractivity contribution in [1.29, 1.82) is 0 Å². The molecule has 2 rings (SSSR count). The Morgan fingerprint density at radius 3 is 2.50 bits per heavy atom. The van der Waals surface area contributed by atoms with E-state index >= 15 is 0 Å². The molecule has 1 aromatic carbocycles. The summed E-state index contributed by atoms with van der Waals surface area (Å²) in [6, 6.07) is 7.00. The van der Waals surface area contributed by atoms with Crippen LogP contribution in [0.2, 0.25) is 0 Å². The third-order valence-electron chi connectivity index (χ3n) is 2.27. The first-order chi connectivity index (χ1) is 7.58. The van der Waals surface area contributed by atoms with Crippen molar-refractivity contribution in [2.45, 2.75) is 0 Å². The molecule has 0 saturated carbocycles. The first-order valence-corrected chi connectivity index (χ1v) is 4.61. The van der Waals surface area contributed by atoms with E-state index in [0.717, 1.165) is 0 Å². The van der Waals surface area contributed by atoms with E-state index < -0.39 is 18.2 Å². The Labute approximate surface area is 90.1 Å². The summed E-state index contributed by atoms with van der Waals surface area (Å²) < 4.78 is 0. The Hall–Kier alpha value is -1.92. The van der Waals surface area contributed by atoms with Crippen molar-refractivity contribution >= 4 is 23.4 Å². The zero-order valence-electron chi connectivity index (χ0n) is 8.18. The normalized spacial score (nSPS) is 10.4. The van der Waals surface area contributed by atoms with Gasteiger partial charge < -0.3 is 10.0 Å². The Morgan fingerprint density at radius 1 is 1.06 bits per heavy atom. The van der Waals surface area contributed by atoms with Gasteiger partial charge in [-0.2, -0.15) is 0 Å². The Balaban J connectivity index is 2.87. The van der Waals surface area contributed by atoms with Crippen molar-refractivity contribution in [3.63, 3.8) is 0 Å². The quantitative estimate of drug-likeness (QED) is 0.510. The van der Waals surface area contributed by atoms with Crippen LogP contribution in [-0.2, 0) is 0 Å². The molecule has 0 unspecified atom stereocenters. The van der Waals surface area contributed by atoms with Crippen LogP contribution in [0.3, 0.4) is 0 Å². The number of H-pyrrole nitrogens is 1. The molecule has 0 saturated heterocycles. The van der Waals surface area contributed by atoms with Gasteiger partial charge in [0.25, 0.3) is 11.1 Å². The number of aromatic nitrogens is 1. The van der Waals surface area contributed by atoms with E-state index in [4.69, 9.17) is 10.0 Å². The van der Waals surface area contributed by atoms with Gasteiger partial charge in [-0.15, -0.1) is 0 Å². The van der Waals surface area contributed by atoms with Gasteiger partial charge in [-0.3, -0.25) is 14.6 Å². The van der Waals surface area contributed by atoms with Gasteiger partial charge >= 0.3 is 7.12 Å². The second-order valence-electron chi connectivity index (χ2n) is 3.37. The molecule has 1 aromatic heterocycles. The number of aromatic amines is 1. The van der Waals surface area contributed by atoms with Gasteiger partial charge in [-0.25, -0.2) is 0 Å². The van der Waals surface area contributed by atoms with Crippen molar-refractivity contribution < 1.29 is 10.0 Å². The van der Waals surface area contributed by atoms with Crippen molar-refractivity contribution in [3.05, 3.63) is 51.0 Å². The summed E-state index contributed by atoms with van der Waals surface area (Å²) in [5.41, 5.74) is -0.721. The van der Waals surface area contributed by atoms with Crippen LogP contribution in [0.15, 0.2) is 39.9 Å². The number of hydrogen-bond donors (Lipinski definition) is 3. The van der Waals surface area contributed by atoms with E-state index in [9.17, 15) is 9.59 Å². The molecular weight excluding hydrogens is 209 g/mol. The topological polar surface area (TPSA) is 90.4 Å². The summed E-state index contributed by atoms with van der Waals surface area (Å²) in [4.78, 5) is 24.7. The lowest BCUT2D eigenvalue weighted by molar-refractivity contribution is 0.426.